The minimum atomic E-state index is -0.143. The van der Waals surface area contributed by atoms with Crippen LogP contribution in [0.25, 0.3) is 11.0 Å². The molecule has 1 heterocycles. The first-order chi connectivity index (χ1) is 15.2. The SMILES string of the molecule is O=C(Nc1cccc(OC2CCCC2)c1)c1ccc(Cn2nnc3ccccc32)cc1. The van der Waals surface area contributed by atoms with Crippen LogP contribution in [0.15, 0.2) is 72.8 Å². The van der Waals surface area contributed by atoms with Crippen molar-refractivity contribution in [2.45, 2.75) is 38.3 Å². The molecule has 1 fully saturated rings. The van der Waals surface area contributed by atoms with Crippen molar-refractivity contribution in [1.82, 2.24) is 15.0 Å². The van der Waals surface area contributed by atoms with Crippen molar-refractivity contribution in [3.8, 4) is 5.75 Å². The number of amides is 1. The Bertz CT molecular complexity index is 1190. The first-order valence-corrected chi connectivity index (χ1v) is 10.7. The molecule has 6 heteroatoms. The van der Waals surface area contributed by atoms with Crippen LogP contribution in [0.2, 0.25) is 0 Å². The zero-order valence-electron chi connectivity index (χ0n) is 17.2. The van der Waals surface area contributed by atoms with E-state index in [-0.39, 0.29) is 5.91 Å². The number of anilines is 1. The molecule has 0 aliphatic heterocycles. The predicted molar refractivity (Wildman–Crippen MR) is 120 cm³/mol. The molecule has 0 unspecified atom stereocenters. The van der Waals surface area contributed by atoms with Crippen LogP contribution in [-0.2, 0) is 6.54 Å². The zero-order valence-corrected chi connectivity index (χ0v) is 17.2. The molecule has 5 rings (SSSR count). The van der Waals surface area contributed by atoms with E-state index in [2.05, 4.69) is 15.6 Å². The third-order valence-corrected chi connectivity index (χ3v) is 5.67. The Balaban J connectivity index is 1.24. The number of rotatable bonds is 6. The molecule has 3 aromatic carbocycles. The van der Waals surface area contributed by atoms with Gasteiger partial charge in [-0.05, 0) is 67.6 Å². The van der Waals surface area contributed by atoms with Gasteiger partial charge in [0.05, 0.1) is 18.2 Å². The second-order valence-electron chi connectivity index (χ2n) is 7.94. The largest absolute Gasteiger partial charge is 0.490 e. The number of fused-ring (bicyclic) bond motifs is 1. The number of nitrogens with one attached hydrogen (secondary N) is 1. The van der Waals surface area contributed by atoms with Crippen molar-refractivity contribution >= 4 is 22.6 Å². The molecule has 4 aromatic rings. The standard InChI is InChI=1S/C25H24N4O2/c30-25(26-20-6-5-9-22(16-20)31-21-7-1-2-8-21)19-14-12-18(13-15-19)17-29-24-11-4-3-10-23(24)27-28-29/h3-6,9-16,21H,1-2,7-8,17H2,(H,26,30). The summed E-state index contributed by atoms with van der Waals surface area (Å²) in [6.45, 7) is 0.600. The van der Waals surface area contributed by atoms with E-state index in [1.165, 1.54) is 12.8 Å². The molecular formula is C25H24N4O2. The Morgan fingerprint density at radius 1 is 1.00 bits per heavy atom. The van der Waals surface area contributed by atoms with Crippen LogP contribution in [0, 0.1) is 0 Å². The van der Waals surface area contributed by atoms with Gasteiger partial charge in [0.15, 0.2) is 0 Å². The van der Waals surface area contributed by atoms with Gasteiger partial charge in [0.2, 0.25) is 0 Å². The number of carbonyl (C=O) groups is 1. The van der Waals surface area contributed by atoms with Gasteiger partial charge in [-0.3, -0.25) is 4.79 Å². The van der Waals surface area contributed by atoms with E-state index in [1.54, 1.807) is 0 Å². The quantitative estimate of drug-likeness (QED) is 0.481. The first-order valence-electron chi connectivity index (χ1n) is 10.7. The molecule has 0 radical (unpaired) electrons. The topological polar surface area (TPSA) is 69.0 Å². The van der Waals surface area contributed by atoms with Gasteiger partial charge in [-0.1, -0.05) is 35.5 Å². The van der Waals surface area contributed by atoms with Crippen LogP contribution in [-0.4, -0.2) is 27.0 Å². The first kappa shape index (κ1) is 19.3. The molecular weight excluding hydrogens is 388 g/mol. The Morgan fingerprint density at radius 3 is 2.65 bits per heavy atom. The fraction of sp³-hybridized carbons (Fsp3) is 0.240. The number of hydrogen-bond acceptors (Lipinski definition) is 4. The van der Waals surface area contributed by atoms with E-state index in [1.807, 2.05) is 77.5 Å². The van der Waals surface area contributed by atoms with Crippen LogP contribution >= 0.6 is 0 Å². The summed E-state index contributed by atoms with van der Waals surface area (Å²) >= 11 is 0. The number of hydrogen-bond donors (Lipinski definition) is 1. The maximum atomic E-state index is 12.7. The molecule has 1 aliphatic carbocycles. The number of ether oxygens (including phenoxy) is 1. The summed E-state index contributed by atoms with van der Waals surface area (Å²) in [7, 11) is 0. The molecule has 6 nitrogen and oxygen atoms in total. The van der Waals surface area contributed by atoms with E-state index in [0.29, 0.717) is 18.2 Å². The Morgan fingerprint density at radius 2 is 1.81 bits per heavy atom. The van der Waals surface area contributed by atoms with Crippen LogP contribution < -0.4 is 10.1 Å². The lowest BCUT2D eigenvalue weighted by Crippen LogP contribution is -2.13. The van der Waals surface area contributed by atoms with Gasteiger partial charge in [0.25, 0.3) is 5.91 Å². The average molecular weight is 412 g/mol. The molecule has 0 bridgehead atoms. The van der Waals surface area contributed by atoms with E-state index in [4.69, 9.17) is 4.74 Å². The van der Waals surface area contributed by atoms with Crippen molar-refractivity contribution in [2.75, 3.05) is 5.32 Å². The molecule has 156 valence electrons. The number of carbonyl (C=O) groups excluding carboxylic acids is 1. The summed E-state index contributed by atoms with van der Waals surface area (Å²) in [5.41, 5.74) is 4.26. The smallest absolute Gasteiger partial charge is 0.255 e. The highest BCUT2D eigenvalue weighted by Crippen LogP contribution is 2.26. The van der Waals surface area contributed by atoms with Crippen molar-refractivity contribution in [2.24, 2.45) is 0 Å². The van der Waals surface area contributed by atoms with Gasteiger partial charge in [0, 0.05) is 17.3 Å². The maximum absolute atomic E-state index is 12.7. The van der Waals surface area contributed by atoms with Crippen molar-refractivity contribution in [3.63, 3.8) is 0 Å². The summed E-state index contributed by atoms with van der Waals surface area (Å²) in [6, 6.07) is 23.1. The second-order valence-corrected chi connectivity index (χ2v) is 7.94. The summed E-state index contributed by atoms with van der Waals surface area (Å²) in [5.74, 6) is 0.663. The molecule has 0 atom stereocenters. The Hall–Kier alpha value is -3.67. The normalized spacial score (nSPS) is 14.1. The molecule has 1 N–H and O–H groups in total. The molecule has 1 saturated carbocycles. The lowest BCUT2D eigenvalue weighted by molar-refractivity contribution is 0.102. The minimum absolute atomic E-state index is 0.143. The fourth-order valence-electron chi connectivity index (χ4n) is 4.02. The van der Waals surface area contributed by atoms with E-state index >= 15 is 0 Å². The van der Waals surface area contributed by atoms with E-state index in [9.17, 15) is 4.79 Å². The molecule has 1 aromatic heterocycles. The highest BCUT2D eigenvalue weighted by atomic mass is 16.5. The average Bonchev–Trinajstić information content (AvgIpc) is 3.45. The zero-order chi connectivity index (χ0) is 21.0. The summed E-state index contributed by atoms with van der Waals surface area (Å²) in [6.07, 6.45) is 4.95. The molecule has 0 spiro atoms. The van der Waals surface area contributed by atoms with Crippen LogP contribution in [0.4, 0.5) is 5.69 Å². The Labute approximate surface area is 180 Å². The van der Waals surface area contributed by atoms with Gasteiger partial charge in [0.1, 0.15) is 11.3 Å². The number of para-hydroxylation sites is 1. The molecule has 1 aliphatic rings. The summed E-state index contributed by atoms with van der Waals surface area (Å²) in [4.78, 5) is 12.7. The maximum Gasteiger partial charge on any atom is 0.255 e. The van der Waals surface area contributed by atoms with Gasteiger partial charge >= 0.3 is 0 Å². The highest BCUT2D eigenvalue weighted by Gasteiger charge is 2.16. The number of aromatic nitrogens is 3. The third-order valence-electron chi connectivity index (χ3n) is 5.67. The van der Waals surface area contributed by atoms with Gasteiger partial charge in [-0.2, -0.15) is 0 Å². The molecule has 31 heavy (non-hydrogen) atoms. The van der Waals surface area contributed by atoms with Crippen molar-refractivity contribution < 1.29 is 9.53 Å². The fourth-order valence-corrected chi connectivity index (χ4v) is 4.02. The van der Waals surface area contributed by atoms with E-state index in [0.717, 1.165) is 40.9 Å². The summed E-state index contributed by atoms with van der Waals surface area (Å²) in [5, 5.41) is 11.4. The van der Waals surface area contributed by atoms with E-state index < -0.39 is 0 Å². The summed E-state index contributed by atoms with van der Waals surface area (Å²) < 4.78 is 7.90. The third kappa shape index (κ3) is 4.43. The lowest BCUT2D eigenvalue weighted by atomic mass is 10.1. The van der Waals surface area contributed by atoms with Crippen LogP contribution in [0.5, 0.6) is 5.75 Å². The van der Waals surface area contributed by atoms with Crippen molar-refractivity contribution in [3.05, 3.63) is 83.9 Å². The monoisotopic (exact) mass is 412 g/mol. The number of benzene rings is 3. The second kappa shape index (κ2) is 8.60. The Kier molecular flexibility index (Phi) is 5.35. The van der Waals surface area contributed by atoms with Crippen molar-refractivity contribution in [1.29, 1.82) is 0 Å². The van der Waals surface area contributed by atoms with Crippen LogP contribution in [0.1, 0.15) is 41.6 Å². The lowest BCUT2D eigenvalue weighted by Gasteiger charge is -2.14. The predicted octanol–water partition coefficient (Wildman–Crippen LogP) is 5.05. The minimum Gasteiger partial charge on any atom is -0.490 e. The highest BCUT2D eigenvalue weighted by molar-refractivity contribution is 6.04. The molecule has 0 saturated heterocycles. The van der Waals surface area contributed by atoms with Gasteiger partial charge in [-0.15, -0.1) is 5.10 Å². The molecule has 1 amide bonds. The number of nitrogens with zero attached hydrogens (tertiary/aromatic N) is 3. The van der Waals surface area contributed by atoms with Crippen LogP contribution in [0.3, 0.4) is 0 Å². The van der Waals surface area contributed by atoms with Gasteiger partial charge in [-0.25, -0.2) is 4.68 Å². The van der Waals surface area contributed by atoms with Gasteiger partial charge < -0.3 is 10.1 Å².